The second-order valence-corrected chi connectivity index (χ2v) is 7.02. The number of aromatic nitrogens is 3. The van der Waals surface area contributed by atoms with Crippen molar-refractivity contribution in [1.82, 2.24) is 15.0 Å². The van der Waals surface area contributed by atoms with Gasteiger partial charge < -0.3 is 11.1 Å². The fourth-order valence-corrected chi connectivity index (χ4v) is 3.42. The molecule has 136 valence electrons. The summed E-state index contributed by atoms with van der Waals surface area (Å²) in [4.78, 5) is 25.4. The number of amides is 1. The van der Waals surface area contributed by atoms with Gasteiger partial charge in [-0.05, 0) is 42.5 Å². The zero-order chi connectivity index (χ0) is 18.9. The minimum atomic E-state index is -0.483. The maximum absolute atomic E-state index is 13.0. The Morgan fingerprint density at radius 3 is 2.22 bits per heavy atom. The quantitative estimate of drug-likeness (QED) is 0.744. The third-order valence-electron chi connectivity index (χ3n) is 5.24. The van der Waals surface area contributed by atoms with Gasteiger partial charge in [-0.2, -0.15) is 0 Å². The lowest BCUT2D eigenvalue weighted by Gasteiger charge is -2.40. The molecule has 27 heavy (non-hydrogen) atoms. The molecule has 1 aromatic carbocycles. The molecular formula is C21H21N5O. The van der Waals surface area contributed by atoms with Crippen molar-refractivity contribution in [2.75, 3.05) is 11.1 Å². The Bertz CT molecular complexity index is 945. The number of nitrogens with zero attached hydrogens (tertiary/aromatic N) is 3. The first-order valence-electron chi connectivity index (χ1n) is 8.99. The van der Waals surface area contributed by atoms with Crippen LogP contribution < -0.4 is 11.1 Å². The molecule has 1 aliphatic carbocycles. The molecule has 0 bridgehead atoms. The average Bonchev–Trinajstić information content (AvgIpc) is 2.64. The Hall–Kier alpha value is -3.28. The number of carbonyl (C=O) groups is 1. The summed E-state index contributed by atoms with van der Waals surface area (Å²) in [6.45, 7) is 1.97. The Morgan fingerprint density at radius 2 is 1.67 bits per heavy atom. The van der Waals surface area contributed by atoms with Crippen LogP contribution in [0.2, 0.25) is 0 Å². The lowest BCUT2D eigenvalue weighted by Crippen LogP contribution is -2.46. The van der Waals surface area contributed by atoms with Crippen molar-refractivity contribution >= 4 is 17.7 Å². The number of rotatable bonds is 4. The lowest BCUT2D eigenvalue weighted by molar-refractivity contribution is -0.124. The highest BCUT2D eigenvalue weighted by Gasteiger charge is 2.45. The van der Waals surface area contributed by atoms with Crippen LogP contribution in [0, 0.1) is 6.92 Å². The van der Waals surface area contributed by atoms with Crippen LogP contribution in [0.25, 0.3) is 11.1 Å². The molecule has 0 saturated heterocycles. The highest BCUT2D eigenvalue weighted by molar-refractivity contribution is 5.99. The third-order valence-corrected chi connectivity index (χ3v) is 5.24. The van der Waals surface area contributed by atoms with Crippen molar-refractivity contribution in [3.05, 3.63) is 66.1 Å². The van der Waals surface area contributed by atoms with E-state index in [0.717, 1.165) is 41.5 Å². The highest BCUT2D eigenvalue weighted by atomic mass is 16.2. The van der Waals surface area contributed by atoms with Gasteiger partial charge in [-0.15, -0.1) is 0 Å². The van der Waals surface area contributed by atoms with Gasteiger partial charge in [0.2, 0.25) is 11.9 Å². The first-order chi connectivity index (χ1) is 13.1. The molecule has 1 aliphatic rings. The topological polar surface area (TPSA) is 93.8 Å². The van der Waals surface area contributed by atoms with Gasteiger partial charge in [0.1, 0.15) is 5.82 Å². The molecular weight excluding hydrogens is 338 g/mol. The molecule has 1 saturated carbocycles. The van der Waals surface area contributed by atoms with E-state index in [2.05, 4.69) is 20.3 Å². The fraction of sp³-hybridized carbons (Fsp3) is 0.238. The molecule has 2 heterocycles. The summed E-state index contributed by atoms with van der Waals surface area (Å²) in [5.41, 5.74) is 9.04. The molecule has 2 aromatic heterocycles. The number of pyridine rings is 1. The van der Waals surface area contributed by atoms with Gasteiger partial charge in [-0.25, -0.2) is 15.0 Å². The monoisotopic (exact) mass is 359 g/mol. The van der Waals surface area contributed by atoms with Crippen LogP contribution in [0.4, 0.5) is 11.8 Å². The van der Waals surface area contributed by atoms with Crippen LogP contribution in [0.5, 0.6) is 0 Å². The molecule has 6 nitrogen and oxygen atoms in total. The lowest BCUT2D eigenvalue weighted by atomic mass is 9.63. The molecule has 3 aromatic rings. The van der Waals surface area contributed by atoms with E-state index in [1.165, 1.54) is 0 Å². The molecule has 0 aliphatic heterocycles. The van der Waals surface area contributed by atoms with Crippen LogP contribution in [0.3, 0.4) is 0 Å². The molecule has 3 N–H and O–H groups in total. The number of anilines is 2. The van der Waals surface area contributed by atoms with E-state index < -0.39 is 5.41 Å². The van der Waals surface area contributed by atoms with Gasteiger partial charge in [0.15, 0.2) is 0 Å². The molecule has 0 unspecified atom stereocenters. The van der Waals surface area contributed by atoms with E-state index in [0.29, 0.717) is 5.82 Å². The summed E-state index contributed by atoms with van der Waals surface area (Å²) in [6, 6.07) is 11.8. The summed E-state index contributed by atoms with van der Waals surface area (Å²) >= 11 is 0. The molecule has 4 rings (SSSR count). The molecule has 6 heteroatoms. The van der Waals surface area contributed by atoms with Gasteiger partial charge in [0.05, 0.1) is 5.41 Å². The zero-order valence-corrected chi connectivity index (χ0v) is 15.1. The molecule has 0 radical (unpaired) electrons. The van der Waals surface area contributed by atoms with E-state index in [9.17, 15) is 4.79 Å². The Labute approximate surface area is 157 Å². The van der Waals surface area contributed by atoms with E-state index in [1.807, 2.05) is 43.3 Å². The summed E-state index contributed by atoms with van der Waals surface area (Å²) in [5, 5.41) is 2.98. The minimum Gasteiger partial charge on any atom is -0.368 e. The van der Waals surface area contributed by atoms with E-state index >= 15 is 0 Å². The smallest absolute Gasteiger partial charge is 0.236 e. The standard InChI is InChI=1S/C21H21N5O/c1-14-3-8-18(23-11-14)26-19(27)21(9-2-10-21)17-6-4-15(5-7-17)16-12-24-20(22)25-13-16/h3-8,11-13H,2,9-10H2,1H3,(H2,22,24,25)(H,23,26,27). The Balaban J connectivity index is 1.57. The summed E-state index contributed by atoms with van der Waals surface area (Å²) < 4.78 is 0. The summed E-state index contributed by atoms with van der Waals surface area (Å²) in [5.74, 6) is 0.853. The van der Waals surface area contributed by atoms with Crippen LogP contribution in [-0.2, 0) is 10.2 Å². The number of hydrogen-bond acceptors (Lipinski definition) is 5. The normalized spacial score (nSPS) is 15.0. The first kappa shape index (κ1) is 17.1. The van der Waals surface area contributed by atoms with Gasteiger partial charge in [-0.3, -0.25) is 4.79 Å². The Morgan fingerprint density at radius 1 is 0.963 bits per heavy atom. The summed E-state index contributed by atoms with van der Waals surface area (Å²) in [6.07, 6.45) is 7.89. The van der Waals surface area contributed by atoms with Gasteiger partial charge in [0.25, 0.3) is 0 Å². The van der Waals surface area contributed by atoms with Crippen molar-refractivity contribution in [2.24, 2.45) is 0 Å². The minimum absolute atomic E-state index is 0.00803. The first-order valence-corrected chi connectivity index (χ1v) is 8.99. The predicted octanol–water partition coefficient (Wildman–Crippen LogP) is 3.49. The summed E-state index contributed by atoms with van der Waals surface area (Å²) in [7, 11) is 0. The largest absolute Gasteiger partial charge is 0.368 e. The van der Waals surface area contributed by atoms with Crippen LogP contribution in [-0.4, -0.2) is 20.9 Å². The van der Waals surface area contributed by atoms with Gasteiger partial charge in [-0.1, -0.05) is 36.8 Å². The number of benzene rings is 1. The zero-order valence-electron chi connectivity index (χ0n) is 15.1. The second-order valence-electron chi connectivity index (χ2n) is 7.02. The van der Waals surface area contributed by atoms with Crippen LogP contribution in [0.15, 0.2) is 55.0 Å². The van der Waals surface area contributed by atoms with E-state index in [4.69, 9.17) is 5.73 Å². The number of carbonyl (C=O) groups excluding carboxylic acids is 1. The van der Waals surface area contributed by atoms with Crippen molar-refractivity contribution in [3.8, 4) is 11.1 Å². The van der Waals surface area contributed by atoms with E-state index in [-0.39, 0.29) is 11.9 Å². The molecule has 1 fully saturated rings. The van der Waals surface area contributed by atoms with E-state index in [1.54, 1.807) is 18.6 Å². The number of nitrogens with two attached hydrogens (primary N) is 1. The van der Waals surface area contributed by atoms with Gasteiger partial charge >= 0.3 is 0 Å². The predicted molar refractivity (Wildman–Crippen MR) is 105 cm³/mol. The number of nitrogen functional groups attached to an aromatic ring is 1. The number of aryl methyl sites for hydroxylation is 1. The second kappa shape index (κ2) is 6.79. The number of hydrogen-bond donors (Lipinski definition) is 2. The van der Waals surface area contributed by atoms with Crippen molar-refractivity contribution in [3.63, 3.8) is 0 Å². The maximum Gasteiger partial charge on any atom is 0.236 e. The maximum atomic E-state index is 13.0. The van der Waals surface area contributed by atoms with Crippen molar-refractivity contribution in [2.45, 2.75) is 31.6 Å². The van der Waals surface area contributed by atoms with Gasteiger partial charge in [0, 0.05) is 24.2 Å². The van der Waals surface area contributed by atoms with Crippen LogP contribution in [0.1, 0.15) is 30.4 Å². The van der Waals surface area contributed by atoms with Crippen molar-refractivity contribution in [1.29, 1.82) is 0 Å². The third kappa shape index (κ3) is 3.26. The van der Waals surface area contributed by atoms with Crippen molar-refractivity contribution < 1.29 is 4.79 Å². The van der Waals surface area contributed by atoms with Crippen LogP contribution >= 0.6 is 0 Å². The molecule has 0 atom stereocenters. The fourth-order valence-electron chi connectivity index (χ4n) is 3.42. The molecule has 0 spiro atoms. The number of nitrogens with one attached hydrogen (secondary N) is 1. The highest BCUT2D eigenvalue weighted by Crippen LogP contribution is 2.45. The molecule has 1 amide bonds. The SMILES string of the molecule is Cc1ccc(NC(=O)C2(c3ccc(-c4cnc(N)nc4)cc3)CCC2)nc1. The average molecular weight is 359 g/mol. The Kier molecular flexibility index (Phi) is 4.32.